The smallest absolute Gasteiger partial charge is 0.0830 e. The van der Waals surface area contributed by atoms with Gasteiger partial charge in [-0.25, -0.2) is 0 Å². The van der Waals surface area contributed by atoms with Gasteiger partial charge in [0.25, 0.3) is 0 Å². The molecule has 2 aromatic carbocycles. The first-order valence-electron chi connectivity index (χ1n) is 7.25. The van der Waals surface area contributed by atoms with Crippen molar-refractivity contribution in [2.24, 2.45) is 5.41 Å². The van der Waals surface area contributed by atoms with Crippen molar-refractivity contribution in [1.82, 2.24) is 0 Å². The van der Waals surface area contributed by atoms with Crippen LogP contribution in [0, 0.1) is 5.41 Å². The van der Waals surface area contributed by atoms with E-state index in [1.165, 1.54) is 11.1 Å². The van der Waals surface area contributed by atoms with E-state index in [9.17, 15) is 5.11 Å². The maximum atomic E-state index is 10.3. The van der Waals surface area contributed by atoms with Gasteiger partial charge in [0.1, 0.15) is 0 Å². The quantitative estimate of drug-likeness (QED) is 0.862. The second-order valence-electron chi connectivity index (χ2n) is 6.68. The molecule has 1 nitrogen and oxygen atoms in total. The van der Waals surface area contributed by atoms with Crippen molar-refractivity contribution in [2.45, 2.75) is 39.7 Å². The van der Waals surface area contributed by atoms with E-state index in [2.05, 4.69) is 57.2 Å². The van der Waals surface area contributed by atoms with Crippen LogP contribution in [0.25, 0.3) is 0 Å². The van der Waals surface area contributed by atoms with Crippen LogP contribution < -0.4 is 0 Å². The van der Waals surface area contributed by atoms with Crippen LogP contribution in [0.1, 0.15) is 43.6 Å². The van der Waals surface area contributed by atoms with Crippen LogP contribution in [-0.4, -0.2) is 5.11 Å². The molecule has 0 aromatic heterocycles. The van der Waals surface area contributed by atoms with E-state index in [0.717, 1.165) is 12.0 Å². The zero-order valence-corrected chi connectivity index (χ0v) is 12.6. The maximum absolute atomic E-state index is 10.3. The summed E-state index contributed by atoms with van der Waals surface area (Å²) in [6, 6.07) is 18.5. The lowest BCUT2D eigenvalue weighted by atomic mass is 9.87. The highest BCUT2D eigenvalue weighted by atomic mass is 16.3. The average molecular weight is 268 g/mol. The van der Waals surface area contributed by atoms with Crippen LogP contribution in [0.4, 0.5) is 0 Å². The normalized spacial score (nSPS) is 13.2. The van der Waals surface area contributed by atoms with Crippen molar-refractivity contribution in [3.8, 4) is 0 Å². The monoisotopic (exact) mass is 268 g/mol. The summed E-state index contributed by atoms with van der Waals surface area (Å²) >= 11 is 0. The molecule has 0 spiro atoms. The van der Waals surface area contributed by atoms with Crippen LogP contribution in [0.15, 0.2) is 54.6 Å². The third-order valence-electron chi connectivity index (χ3n) is 3.37. The van der Waals surface area contributed by atoms with Crippen LogP contribution in [0.5, 0.6) is 0 Å². The van der Waals surface area contributed by atoms with Crippen LogP contribution in [0.2, 0.25) is 0 Å². The van der Waals surface area contributed by atoms with Crippen molar-refractivity contribution in [2.75, 3.05) is 0 Å². The van der Waals surface area contributed by atoms with E-state index >= 15 is 0 Å². The molecule has 0 saturated heterocycles. The molecule has 0 aliphatic heterocycles. The predicted octanol–water partition coefficient (Wildman–Crippen LogP) is 4.55. The molecule has 1 unspecified atom stereocenters. The minimum absolute atomic E-state index is 0.296. The molecular weight excluding hydrogens is 244 g/mol. The van der Waals surface area contributed by atoms with Gasteiger partial charge in [-0.2, -0.15) is 0 Å². The second kappa shape index (κ2) is 6.23. The Balaban J connectivity index is 2.02. The molecule has 0 radical (unpaired) electrons. The second-order valence-corrected chi connectivity index (χ2v) is 6.68. The zero-order valence-electron chi connectivity index (χ0n) is 12.6. The van der Waals surface area contributed by atoms with E-state index in [1.54, 1.807) is 0 Å². The molecule has 0 heterocycles. The number of hydrogen-bond donors (Lipinski definition) is 1. The Morgan fingerprint density at radius 3 is 2.00 bits per heavy atom. The summed E-state index contributed by atoms with van der Waals surface area (Å²) < 4.78 is 0. The van der Waals surface area contributed by atoms with Gasteiger partial charge in [-0.1, -0.05) is 75.4 Å². The summed E-state index contributed by atoms with van der Waals surface area (Å²) in [7, 11) is 0. The fraction of sp³-hybridized carbons (Fsp3) is 0.368. The van der Waals surface area contributed by atoms with Gasteiger partial charge in [-0.3, -0.25) is 0 Å². The Bertz CT molecular complexity index is 520. The molecular formula is C19H24O. The molecule has 2 rings (SSSR count). The molecule has 1 atom stereocenters. The largest absolute Gasteiger partial charge is 0.388 e. The summed E-state index contributed by atoms with van der Waals surface area (Å²) in [6.07, 6.45) is 1.29. The lowest BCUT2D eigenvalue weighted by Crippen LogP contribution is -2.09. The van der Waals surface area contributed by atoms with Crippen molar-refractivity contribution >= 4 is 0 Å². The lowest BCUT2D eigenvalue weighted by Gasteiger charge is -2.18. The van der Waals surface area contributed by atoms with E-state index < -0.39 is 6.10 Å². The van der Waals surface area contributed by atoms with Crippen molar-refractivity contribution < 1.29 is 5.11 Å². The Morgan fingerprint density at radius 1 is 0.850 bits per heavy atom. The highest BCUT2D eigenvalue weighted by Gasteiger charge is 2.12. The number of hydrogen-bond acceptors (Lipinski definition) is 1. The Kier molecular flexibility index (Phi) is 4.61. The molecule has 0 bridgehead atoms. The maximum Gasteiger partial charge on any atom is 0.0830 e. The summed E-state index contributed by atoms with van der Waals surface area (Å²) in [6.45, 7) is 6.72. The summed E-state index contributed by atoms with van der Waals surface area (Å²) in [5, 5.41) is 10.3. The zero-order chi connectivity index (χ0) is 14.6. The van der Waals surface area contributed by atoms with Crippen LogP contribution in [0.3, 0.4) is 0 Å². The van der Waals surface area contributed by atoms with Gasteiger partial charge in [0.2, 0.25) is 0 Å². The summed E-state index contributed by atoms with van der Waals surface area (Å²) in [5.74, 6) is 0. The van der Waals surface area contributed by atoms with Crippen LogP contribution >= 0.6 is 0 Å². The van der Waals surface area contributed by atoms with E-state index in [0.29, 0.717) is 11.8 Å². The van der Waals surface area contributed by atoms with Gasteiger partial charge in [-0.15, -0.1) is 0 Å². The van der Waals surface area contributed by atoms with Gasteiger partial charge in [0.05, 0.1) is 6.10 Å². The van der Waals surface area contributed by atoms with E-state index in [1.807, 2.05) is 18.2 Å². The molecule has 0 amide bonds. The highest BCUT2D eigenvalue weighted by molar-refractivity contribution is 5.26. The Labute approximate surface area is 122 Å². The number of aliphatic hydroxyl groups excluding tert-OH is 1. The fourth-order valence-electron chi connectivity index (χ4n) is 2.43. The Hall–Kier alpha value is -1.60. The van der Waals surface area contributed by atoms with Crippen LogP contribution in [-0.2, 0) is 12.8 Å². The number of benzene rings is 2. The Morgan fingerprint density at radius 2 is 1.45 bits per heavy atom. The molecule has 0 saturated carbocycles. The van der Waals surface area contributed by atoms with E-state index in [4.69, 9.17) is 0 Å². The topological polar surface area (TPSA) is 20.2 Å². The van der Waals surface area contributed by atoms with Gasteiger partial charge >= 0.3 is 0 Å². The van der Waals surface area contributed by atoms with Gasteiger partial charge < -0.3 is 5.11 Å². The summed E-state index contributed by atoms with van der Waals surface area (Å²) in [4.78, 5) is 0. The molecule has 2 aromatic rings. The van der Waals surface area contributed by atoms with Crippen molar-refractivity contribution in [1.29, 1.82) is 0 Å². The van der Waals surface area contributed by atoms with Gasteiger partial charge in [0, 0.05) is 6.42 Å². The molecule has 0 fully saturated rings. The van der Waals surface area contributed by atoms with Crippen molar-refractivity contribution in [3.05, 3.63) is 71.3 Å². The van der Waals surface area contributed by atoms with Crippen molar-refractivity contribution in [3.63, 3.8) is 0 Å². The minimum atomic E-state index is -0.430. The third kappa shape index (κ3) is 4.50. The SMILES string of the molecule is CC(C)(C)Cc1ccc(C(O)Cc2ccccc2)cc1. The first-order chi connectivity index (χ1) is 9.44. The van der Waals surface area contributed by atoms with Gasteiger partial charge in [-0.05, 0) is 28.5 Å². The first kappa shape index (κ1) is 14.8. The summed E-state index contributed by atoms with van der Waals surface area (Å²) in [5.41, 5.74) is 3.78. The molecule has 20 heavy (non-hydrogen) atoms. The average Bonchev–Trinajstić information content (AvgIpc) is 2.39. The molecule has 0 aliphatic carbocycles. The molecule has 1 N–H and O–H groups in total. The number of rotatable bonds is 4. The van der Waals surface area contributed by atoms with Gasteiger partial charge in [0.15, 0.2) is 0 Å². The fourth-order valence-corrected chi connectivity index (χ4v) is 2.43. The standard InChI is InChI=1S/C19H24O/c1-19(2,3)14-16-9-11-17(12-10-16)18(20)13-15-7-5-4-6-8-15/h4-12,18,20H,13-14H2,1-3H3. The van der Waals surface area contributed by atoms with E-state index in [-0.39, 0.29) is 0 Å². The highest BCUT2D eigenvalue weighted by Crippen LogP contribution is 2.23. The minimum Gasteiger partial charge on any atom is -0.388 e. The third-order valence-corrected chi connectivity index (χ3v) is 3.37. The number of aliphatic hydroxyl groups is 1. The molecule has 1 heteroatoms. The first-order valence-corrected chi connectivity index (χ1v) is 7.25. The molecule has 106 valence electrons. The lowest BCUT2D eigenvalue weighted by molar-refractivity contribution is 0.178. The predicted molar refractivity (Wildman–Crippen MR) is 84.7 cm³/mol. The molecule has 0 aliphatic rings.